The monoisotopic (exact) mass is 579 g/mol. The number of amides is 3. The van der Waals surface area contributed by atoms with Gasteiger partial charge in [-0.15, -0.1) is 0 Å². The molecule has 3 aliphatic rings. The molecule has 42 heavy (non-hydrogen) atoms. The Kier molecular flexibility index (Phi) is 7.59. The fourth-order valence-corrected chi connectivity index (χ4v) is 5.05. The number of hydrogen-bond acceptors (Lipinski definition) is 9. The van der Waals surface area contributed by atoms with E-state index in [4.69, 9.17) is 9.47 Å². The molecule has 3 amide bonds. The maximum atomic E-state index is 15.2. The van der Waals surface area contributed by atoms with Crippen molar-refractivity contribution in [2.75, 3.05) is 55.7 Å². The average molecular weight is 580 g/mol. The fourth-order valence-electron chi connectivity index (χ4n) is 5.05. The number of nitrogens with one attached hydrogen (secondary N) is 1. The van der Waals surface area contributed by atoms with Gasteiger partial charge in [0.15, 0.2) is 11.8 Å². The molecule has 1 aliphatic carbocycles. The van der Waals surface area contributed by atoms with E-state index in [-0.39, 0.29) is 37.3 Å². The summed E-state index contributed by atoms with van der Waals surface area (Å²) in [5.41, 5.74) is 1.42. The zero-order valence-corrected chi connectivity index (χ0v) is 22.8. The number of ether oxygens (including phenoxy) is 2. The Bertz CT molecular complexity index is 1480. The molecule has 1 N–H and O–H groups in total. The highest BCUT2D eigenvalue weighted by atomic mass is 19.1. The van der Waals surface area contributed by atoms with Gasteiger partial charge in [0.25, 0.3) is 5.91 Å². The molecular formula is C28H30FN7O6. The van der Waals surface area contributed by atoms with Crippen LogP contribution < -0.4 is 15.1 Å². The fraction of sp³-hybridized carbons (Fsp3) is 0.429. The van der Waals surface area contributed by atoms with E-state index in [2.05, 4.69) is 15.3 Å². The van der Waals surface area contributed by atoms with Crippen LogP contribution in [0.1, 0.15) is 29.8 Å². The smallest absolute Gasteiger partial charge is 0.414 e. The maximum Gasteiger partial charge on any atom is 0.414 e. The Morgan fingerprint density at radius 2 is 1.95 bits per heavy atom. The van der Waals surface area contributed by atoms with E-state index in [1.165, 1.54) is 17.2 Å². The van der Waals surface area contributed by atoms with Crippen LogP contribution in [-0.4, -0.2) is 95.1 Å². The molecule has 3 fully saturated rings. The van der Waals surface area contributed by atoms with E-state index >= 15 is 4.39 Å². The molecule has 14 heteroatoms. The second-order valence-electron chi connectivity index (χ2n) is 10.6. The van der Waals surface area contributed by atoms with Crippen molar-refractivity contribution in [3.8, 4) is 0 Å². The molecule has 13 nitrogen and oxygen atoms in total. The highest BCUT2D eigenvalue weighted by Crippen LogP contribution is 2.33. The van der Waals surface area contributed by atoms with Crippen molar-refractivity contribution < 1.29 is 33.0 Å². The van der Waals surface area contributed by atoms with E-state index in [9.17, 15) is 19.2 Å². The molecular weight excluding hydrogens is 549 g/mol. The first-order valence-electron chi connectivity index (χ1n) is 13.9. The lowest BCUT2D eigenvalue weighted by Gasteiger charge is -2.36. The van der Waals surface area contributed by atoms with Crippen LogP contribution in [0.25, 0.3) is 5.65 Å². The van der Waals surface area contributed by atoms with E-state index in [0.717, 1.165) is 12.8 Å². The van der Waals surface area contributed by atoms with Crippen LogP contribution in [-0.2, 0) is 19.1 Å². The molecule has 0 spiro atoms. The third-order valence-electron chi connectivity index (χ3n) is 7.57. The first kappa shape index (κ1) is 27.4. The number of esters is 1. The number of nitrogens with zero attached hydrogens (tertiary/aromatic N) is 6. The van der Waals surface area contributed by atoms with Crippen molar-refractivity contribution in [2.24, 2.45) is 5.92 Å². The number of piperazine rings is 1. The second kappa shape index (κ2) is 11.6. The van der Waals surface area contributed by atoms with E-state index < -0.39 is 23.9 Å². The van der Waals surface area contributed by atoms with Gasteiger partial charge in [-0.3, -0.25) is 24.3 Å². The number of carbonyl (C=O) groups is 4. The first-order chi connectivity index (χ1) is 20.3. The summed E-state index contributed by atoms with van der Waals surface area (Å²) in [4.78, 5) is 62.3. The highest BCUT2D eigenvalue weighted by molar-refractivity contribution is 5.95. The average Bonchev–Trinajstić information content (AvgIpc) is 3.56. The molecule has 1 aromatic carbocycles. The number of rotatable bonds is 9. The summed E-state index contributed by atoms with van der Waals surface area (Å²) in [6, 6.07) is 4.52. The summed E-state index contributed by atoms with van der Waals surface area (Å²) < 4.78 is 27.4. The Labute approximate surface area is 240 Å². The highest BCUT2D eigenvalue weighted by Gasteiger charge is 2.34. The quantitative estimate of drug-likeness (QED) is 0.375. The van der Waals surface area contributed by atoms with Crippen LogP contribution in [0, 0.1) is 11.7 Å². The largest absolute Gasteiger partial charge is 0.462 e. The minimum absolute atomic E-state index is 0.0285. The lowest BCUT2D eigenvalue weighted by molar-refractivity contribution is -0.146. The number of hydrogen-bond donors (Lipinski definition) is 1. The molecule has 3 aromatic rings. The molecule has 0 radical (unpaired) electrons. The summed E-state index contributed by atoms with van der Waals surface area (Å²) in [5, 5.41) is 2.60. The molecule has 2 aromatic heterocycles. The molecule has 2 saturated heterocycles. The third-order valence-corrected chi connectivity index (χ3v) is 7.57. The first-order valence-corrected chi connectivity index (χ1v) is 13.9. The normalized spacial score (nSPS) is 18.7. The number of anilines is 2. The number of cyclic esters (lactones) is 1. The maximum absolute atomic E-state index is 15.2. The molecule has 4 heterocycles. The lowest BCUT2D eigenvalue weighted by Crippen LogP contribution is -2.51. The van der Waals surface area contributed by atoms with Crippen molar-refractivity contribution in [1.82, 2.24) is 24.6 Å². The molecule has 6 rings (SSSR count). The van der Waals surface area contributed by atoms with Crippen LogP contribution in [0.2, 0.25) is 0 Å². The van der Waals surface area contributed by atoms with Gasteiger partial charge < -0.3 is 29.0 Å². The van der Waals surface area contributed by atoms with Crippen molar-refractivity contribution in [2.45, 2.75) is 25.4 Å². The van der Waals surface area contributed by atoms with Crippen LogP contribution >= 0.6 is 0 Å². The zero-order chi connectivity index (χ0) is 29.2. The predicted octanol–water partition coefficient (Wildman–Crippen LogP) is 1.62. The van der Waals surface area contributed by atoms with Gasteiger partial charge in [-0.25, -0.2) is 14.2 Å². The summed E-state index contributed by atoms with van der Waals surface area (Å²) in [5.74, 6) is -1.10. The predicted molar refractivity (Wildman–Crippen MR) is 146 cm³/mol. The number of fused-ring (bicyclic) bond motifs is 1. The topological polar surface area (TPSA) is 139 Å². The lowest BCUT2D eigenvalue weighted by atomic mass is 10.2. The van der Waals surface area contributed by atoms with Crippen molar-refractivity contribution in [3.05, 3.63) is 54.5 Å². The summed E-state index contributed by atoms with van der Waals surface area (Å²) in [7, 11) is 0. The number of halogens is 1. The van der Waals surface area contributed by atoms with Gasteiger partial charge in [-0.05, 0) is 37.0 Å². The standard InChI is InChI=1S/C28H30FN7O6/c29-21-12-19(36-15-20(42-28(36)40)17-41-26(38)11-18-1-2-18)3-4-23(21)33-7-9-34(10-8-33)25(37)14-31-27(39)22-16-35-6-5-30-13-24(35)32-22/h3-6,12-13,16,18,20H,1-2,7-11,14-15,17H2,(H,31,39). The van der Waals surface area contributed by atoms with Gasteiger partial charge in [0.05, 0.1) is 30.7 Å². The number of imidazole rings is 1. The molecule has 220 valence electrons. The van der Waals surface area contributed by atoms with Gasteiger partial charge in [0.2, 0.25) is 5.91 Å². The Morgan fingerprint density at radius 1 is 1.14 bits per heavy atom. The Hall–Kier alpha value is -4.75. The van der Waals surface area contributed by atoms with Crippen molar-refractivity contribution in [1.29, 1.82) is 0 Å². The number of carbonyl (C=O) groups excluding carboxylic acids is 4. The molecule has 1 atom stereocenters. The third kappa shape index (κ3) is 6.11. The van der Waals surface area contributed by atoms with E-state index in [1.807, 2.05) is 4.90 Å². The van der Waals surface area contributed by atoms with Gasteiger partial charge in [-0.2, -0.15) is 0 Å². The van der Waals surface area contributed by atoms with Crippen molar-refractivity contribution >= 4 is 40.9 Å². The van der Waals surface area contributed by atoms with Gasteiger partial charge >= 0.3 is 12.1 Å². The molecule has 1 saturated carbocycles. The Balaban J connectivity index is 0.973. The van der Waals surface area contributed by atoms with E-state index in [1.54, 1.807) is 40.0 Å². The summed E-state index contributed by atoms with van der Waals surface area (Å²) in [6.07, 6.45) is 7.58. The van der Waals surface area contributed by atoms with Gasteiger partial charge in [0.1, 0.15) is 18.1 Å². The van der Waals surface area contributed by atoms with Gasteiger partial charge in [0, 0.05) is 51.2 Å². The SMILES string of the molecule is O=C(CC1CC1)OCC1CN(c2ccc(N3CCN(C(=O)CNC(=O)c4cn5ccncc5n4)CC3)c(F)c2)C(=O)O1. The Morgan fingerprint density at radius 3 is 2.69 bits per heavy atom. The van der Waals surface area contributed by atoms with Crippen LogP contribution in [0.3, 0.4) is 0 Å². The summed E-state index contributed by atoms with van der Waals surface area (Å²) >= 11 is 0. The second-order valence-corrected chi connectivity index (χ2v) is 10.6. The van der Waals surface area contributed by atoms with E-state index in [0.29, 0.717) is 55.5 Å². The van der Waals surface area contributed by atoms with Crippen LogP contribution in [0.5, 0.6) is 0 Å². The molecule has 0 bridgehead atoms. The summed E-state index contributed by atoms with van der Waals surface area (Å²) in [6.45, 7) is 1.45. The van der Waals surface area contributed by atoms with Crippen LogP contribution in [0.15, 0.2) is 43.0 Å². The number of aromatic nitrogens is 3. The molecule has 2 aliphatic heterocycles. The van der Waals surface area contributed by atoms with Crippen molar-refractivity contribution in [3.63, 3.8) is 0 Å². The minimum Gasteiger partial charge on any atom is -0.462 e. The minimum atomic E-state index is -0.622. The van der Waals surface area contributed by atoms with Crippen LogP contribution in [0.4, 0.5) is 20.6 Å². The number of benzene rings is 1. The van der Waals surface area contributed by atoms with Gasteiger partial charge in [-0.1, -0.05) is 0 Å². The zero-order valence-electron chi connectivity index (χ0n) is 22.8. The molecule has 1 unspecified atom stereocenters.